The molecule has 0 fully saturated rings. The summed E-state index contributed by atoms with van der Waals surface area (Å²) in [4.78, 5) is 10.9. The van der Waals surface area contributed by atoms with Gasteiger partial charge in [0.05, 0.1) is 0 Å². The summed E-state index contributed by atoms with van der Waals surface area (Å²) in [7, 11) is 1.63. The average molecular weight is 154 g/mol. The van der Waals surface area contributed by atoms with Gasteiger partial charge in [-0.15, -0.1) is 0 Å². The minimum absolute atomic E-state index is 0.0139. The van der Waals surface area contributed by atoms with Crippen LogP contribution in [-0.2, 0) is 7.05 Å². The first kappa shape index (κ1) is 7.78. The molecule has 1 N–H and O–H groups in total. The summed E-state index contributed by atoms with van der Waals surface area (Å²) in [6.07, 6.45) is 0. The molecule has 0 aliphatic carbocycles. The highest BCUT2D eigenvalue weighted by Crippen LogP contribution is 2.20. The van der Waals surface area contributed by atoms with Crippen LogP contribution in [0, 0.1) is 6.92 Å². The predicted octanol–water partition coefficient (Wildman–Crippen LogP) is 0.637. The first-order valence-electron chi connectivity index (χ1n) is 3.27. The van der Waals surface area contributed by atoms with Gasteiger partial charge in [0.15, 0.2) is 11.5 Å². The van der Waals surface area contributed by atoms with Crippen molar-refractivity contribution < 1.29 is 9.90 Å². The lowest BCUT2D eigenvalue weighted by molar-refractivity contribution is 0.100. The molecule has 4 heteroatoms. The van der Waals surface area contributed by atoms with Gasteiger partial charge < -0.3 is 5.11 Å². The molecule has 0 bridgehead atoms. The monoisotopic (exact) mass is 154 g/mol. The number of aromatic hydroxyl groups is 1. The minimum Gasteiger partial charge on any atom is -0.504 e. The van der Waals surface area contributed by atoms with Gasteiger partial charge in [-0.25, -0.2) is 0 Å². The van der Waals surface area contributed by atoms with Crippen LogP contribution >= 0.6 is 0 Å². The molecule has 4 nitrogen and oxygen atoms in total. The van der Waals surface area contributed by atoms with E-state index in [-0.39, 0.29) is 17.2 Å². The standard InChI is InChI=1S/C7H10N2O2/c1-4-7(11)6(5(2)10)9(3)8-4/h11H,1-3H3. The van der Waals surface area contributed by atoms with Crippen LogP contribution in [0.5, 0.6) is 5.75 Å². The van der Waals surface area contributed by atoms with Crippen LogP contribution in [0.15, 0.2) is 0 Å². The van der Waals surface area contributed by atoms with E-state index in [4.69, 9.17) is 0 Å². The van der Waals surface area contributed by atoms with Crippen molar-refractivity contribution in [2.24, 2.45) is 7.05 Å². The smallest absolute Gasteiger partial charge is 0.181 e. The van der Waals surface area contributed by atoms with Crippen molar-refractivity contribution in [3.63, 3.8) is 0 Å². The van der Waals surface area contributed by atoms with Crippen LogP contribution in [0.4, 0.5) is 0 Å². The Kier molecular flexibility index (Phi) is 1.68. The Morgan fingerprint density at radius 1 is 1.64 bits per heavy atom. The topological polar surface area (TPSA) is 55.1 Å². The van der Waals surface area contributed by atoms with Gasteiger partial charge in [-0.2, -0.15) is 5.10 Å². The van der Waals surface area contributed by atoms with Crippen molar-refractivity contribution in [3.05, 3.63) is 11.4 Å². The molecule has 0 saturated heterocycles. The van der Waals surface area contributed by atoms with Crippen molar-refractivity contribution in [3.8, 4) is 5.75 Å². The highest BCUT2D eigenvalue weighted by molar-refractivity contribution is 5.95. The first-order valence-corrected chi connectivity index (χ1v) is 3.27. The van der Waals surface area contributed by atoms with Crippen LogP contribution in [0.1, 0.15) is 23.1 Å². The number of rotatable bonds is 1. The lowest BCUT2D eigenvalue weighted by atomic mass is 10.2. The fourth-order valence-corrected chi connectivity index (χ4v) is 1.04. The molecule has 0 saturated carbocycles. The third-order valence-corrected chi connectivity index (χ3v) is 1.52. The number of hydrogen-bond acceptors (Lipinski definition) is 3. The molecule has 0 aliphatic heterocycles. The largest absolute Gasteiger partial charge is 0.504 e. The van der Waals surface area contributed by atoms with E-state index in [0.717, 1.165) is 0 Å². The number of ketones is 1. The normalized spacial score (nSPS) is 10.1. The molecular formula is C7H10N2O2. The number of hydrogen-bond donors (Lipinski definition) is 1. The summed E-state index contributed by atoms with van der Waals surface area (Å²) in [5.41, 5.74) is 0.750. The third-order valence-electron chi connectivity index (χ3n) is 1.52. The molecule has 0 atom stereocenters. The second-order valence-corrected chi connectivity index (χ2v) is 2.46. The Morgan fingerprint density at radius 2 is 2.18 bits per heavy atom. The number of aromatic nitrogens is 2. The Morgan fingerprint density at radius 3 is 2.36 bits per heavy atom. The van der Waals surface area contributed by atoms with Gasteiger partial charge in [0.25, 0.3) is 0 Å². The van der Waals surface area contributed by atoms with Gasteiger partial charge in [0, 0.05) is 14.0 Å². The first-order chi connectivity index (χ1) is 5.04. The van der Waals surface area contributed by atoms with Gasteiger partial charge in [-0.3, -0.25) is 9.48 Å². The van der Waals surface area contributed by atoms with Crippen molar-refractivity contribution in [1.29, 1.82) is 0 Å². The summed E-state index contributed by atoms with van der Waals surface area (Å²) in [6.45, 7) is 3.05. The molecule has 1 rings (SSSR count). The Bertz CT molecular complexity index is 302. The van der Waals surface area contributed by atoms with Crippen molar-refractivity contribution in [2.45, 2.75) is 13.8 Å². The maximum Gasteiger partial charge on any atom is 0.181 e. The van der Waals surface area contributed by atoms with E-state index >= 15 is 0 Å². The number of nitrogens with zero attached hydrogens (tertiary/aromatic N) is 2. The molecule has 0 aromatic carbocycles. The van der Waals surface area contributed by atoms with Crippen molar-refractivity contribution in [2.75, 3.05) is 0 Å². The predicted molar refractivity (Wildman–Crippen MR) is 39.6 cm³/mol. The molecule has 1 heterocycles. The summed E-state index contributed by atoms with van der Waals surface area (Å²) in [5.74, 6) is -0.189. The minimum atomic E-state index is -0.175. The second-order valence-electron chi connectivity index (χ2n) is 2.46. The quantitative estimate of drug-likeness (QED) is 0.604. The van der Waals surface area contributed by atoms with E-state index in [1.54, 1.807) is 14.0 Å². The zero-order valence-electron chi connectivity index (χ0n) is 6.75. The number of carbonyl (C=O) groups is 1. The van der Waals surface area contributed by atoms with Gasteiger partial charge >= 0.3 is 0 Å². The van der Waals surface area contributed by atoms with Crippen LogP contribution in [-0.4, -0.2) is 20.7 Å². The van der Waals surface area contributed by atoms with E-state index in [1.165, 1.54) is 11.6 Å². The van der Waals surface area contributed by atoms with Crippen molar-refractivity contribution in [1.82, 2.24) is 9.78 Å². The van der Waals surface area contributed by atoms with Crippen LogP contribution in [0.3, 0.4) is 0 Å². The zero-order chi connectivity index (χ0) is 8.59. The summed E-state index contributed by atoms with van der Waals surface area (Å²) >= 11 is 0. The SMILES string of the molecule is CC(=O)c1c(O)c(C)nn1C. The molecule has 0 unspecified atom stereocenters. The molecule has 0 radical (unpaired) electrons. The maximum atomic E-state index is 10.9. The lowest BCUT2D eigenvalue weighted by Crippen LogP contribution is -2.02. The lowest BCUT2D eigenvalue weighted by Gasteiger charge is -1.94. The fourth-order valence-electron chi connectivity index (χ4n) is 1.04. The average Bonchev–Trinajstić information content (AvgIpc) is 2.07. The summed E-state index contributed by atoms with van der Waals surface area (Å²) in [6, 6.07) is 0. The van der Waals surface area contributed by atoms with E-state index < -0.39 is 0 Å². The maximum absolute atomic E-state index is 10.9. The Balaban J connectivity index is 3.34. The summed E-state index contributed by atoms with van der Waals surface area (Å²) in [5, 5.41) is 13.2. The van der Waals surface area contributed by atoms with Crippen LogP contribution in [0.2, 0.25) is 0 Å². The molecule has 1 aromatic heterocycles. The highest BCUT2D eigenvalue weighted by Gasteiger charge is 2.14. The van der Waals surface area contributed by atoms with Crippen LogP contribution in [0.25, 0.3) is 0 Å². The van der Waals surface area contributed by atoms with Gasteiger partial charge in [-0.05, 0) is 6.92 Å². The highest BCUT2D eigenvalue weighted by atomic mass is 16.3. The zero-order valence-corrected chi connectivity index (χ0v) is 6.75. The van der Waals surface area contributed by atoms with E-state index in [0.29, 0.717) is 5.69 Å². The molecule has 60 valence electrons. The van der Waals surface area contributed by atoms with Crippen molar-refractivity contribution >= 4 is 5.78 Å². The molecule has 1 aromatic rings. The molecule has 0 aliphatic rings. The number of carbonyl (C=O) groups excluding carboxylic acids is 1. The molecule has 0 spiro atoms. The molecule has 0 amide bonds. The molecular weight excluding hydrogens is 144 g/mol. The molecule has 11 heavy (non-hydrogen) atoms. The van der Waals surface area contributed by atoms with Crippen LogP contribution < -0.4 is 0 Å². The third kappa shape index (κ3) is 1.11. The van der Waals surface area contributed by atoms with Gasteiger partial charge in [-0.1, -0.05) is 0 Å². The number of Topliss-reactive ketones (excluding diaryl/α,β-unsaturated/α-hetero) is 1. The Labute approximate surface area is 64.5 Å². The van der Waals surface area contributed by atoms with Gasteiger partial charge in [0.2, 0.25) is 0 Å². The number of aryl methyl sites for hydroxylation is 2. The van der Waals surface area contributed by atoms with E-state index in [2.05, 4.69) is 5.10 Å². The summed E-state index contributed by atoms with van der Waals surface area (Å²) < 4.78 is 1.38. The fraction of sp³-hybridized carbons (Fsp3) is 0.429. The Hall–Kier alpha value is -1.32. The second kappa shape index (κ2) is 2.38. The van der Waals surface area contributed by atoms with Gasteiger partial charge in [0.1, 0.15) is 11.4 Å². The van der Waals surface area contributed by atoms with E-state index in [9.17, 15) is 9.90 Å². The van der Waals surface area contributed by atoms with E-state index in [1.807, 2.05) is 0 Å².